The number of sulfonamides is 1. The van der Waals surface area contributed by atoms with E-state index in [0.717, 1.165) is 5.56 Å². The predicted octanol–water partition coefficient (Wildman–Crippen LogP) is 3.17. The Hall–Kier alpha value is -3.67. The molecule has 2 aromatic carbocycles. The Bertz CT molecular complexity index is 1420. The van der Waals surface area contributed by atoms with E-state index in [-0.39, 0.29) is 41.9 Å². The van der Waals surface area contributed by atoms with E-state index in [2.05, 4.69) is 14.6 Å². The molecule has 3 aromatic rings. The van der Waals surface area contributed by atoms with Crippen LogP contribution in [0.1, 0.15) is 25.0 Å². The van der Waals surface area contributed by atoms with Gasteiger partial charge < -0.3 is 19.5 Å². The molecule has 0 spiro atoms. The molecule has 0 unspecified atom stereocenters. The Labute approximate surface area is 242 Å². The largest absolute Gasteiger partial charge is 0.497 e. The Morgan fingerprint density at radius 3 is 2.54 bits per heavy atom. The molecule has 1 aliphatic heterocycles. The van der Waals surface area contributed by atoms with Gasteiger partial charge in [0.1, 0.15) is 17.6 Å². The molecule has 220 valence electrons. The number of carbonyl (C=O) groups is 1. The van der Waals surface area contributed by atoms with Gasteiger partial charge in [-0.1, -0.05) is 6.92 Å². The molecule has 0 fully saturated rings. The molecule has 11 heteroatoms. The zero-order chi connectivity index (χ0) is 29.6. The first-order valence-corrected chi connectivity index (χ1v) is 15.0. The molecule has 2 N–H and O–H groups in total. The van der Waals surface area contributed by atoms with Crippen molar-refractivity contribution in [3.63, 3.8) is 0 Å². The van der Waals surface area contributed by atoms with Crippen LogP contribution in [0.15, 0.2) is 71.9 Å². The van der Waals surface area contributed by atoms with Crippen molar-refractivity contribution in [2.75, 3.05) is 38.6 Å². The average molecular weight is 583 g/mol. The number of nitrogens with zero attached hydrogens (tertiary/aromatic N) is 3. The third kappa shape index (κ3) is 7.75. The molecule has 4 rings (SSSR count). The summed E-state index contributed by atoms with van der Waals surface area (Å²) in [6.45, 7) is 5.39. The van der Waals surface area contributed by atoms with E-state index in [9.17, 15) is 18.3 Å². The Morgan fingerprint density at radius 1 is 1.17 bits per heavy atom. The maximum Gasteiger partial charge on any atom is 0.261 e. The van der Waals surface area contributed by atoms with Crippen LogP contribution in [0.5, 0.6) is 11.5 Å². The van der Waals surface area contributed by atoms with Gasteiger partial charge in [0.2, 0.25) is 5.91 Å². The Morgan fingerprint density at radius 2 is 1.88 bits per heavy atom. The lowest BCUT2D eigenvalue weighted by atomic mass is 10.0. The molecule has 0 saturated heterocycles. The number of aliphatic hydroxyl groups excluding tert-OH is 1. The van der Waals surface area contributed by atoms with E-state index in [1.807, 2.05) is 33.0 Å². The van der Waals surface area contributed by atoms with Gasteiger partial charge in [0.05, 0.1) is 31.1 Å². The van der Waals surface area contributed by atoms with Crippen molar-refractivity contribution in [3.05, 3.63) is 78.1 Å². The number of pyridine rings is 1. The normalized spacial score (nSPS) is 18.5. The highest BCUT2D eigenvalue weighted by molar-refractivity contribution is 7.92. The van der Waals surface area contributed by atoms with Crippen molar-refractivity contribution in [1.29, 1.82) is 0 Å². The van der Waals surface area contributed by atoms with Gasteiger partial charge in [-0.15, -0.1) is 0 Å². The molecule has 2 heterocycles. The third-order valence-electron chi connectivity index (χ3n) is 7.23. The molecule has 10 nitrogen and oxygen atoms in total. The summed E-state index contributed by atoms with van der Waals surface area (Å²) in [7, 11) is -0.355. The fraction of sp³-hybridized carbons (Fsp3) is 0.400. The van der Waals surface area contributed by atoms with Crippen LogP contribution in [-0.2, 0) is 27.8 Å². The van der Waals surface area contributed by atoms with Crippen LogP contribution < -0.4 is 14.2 Å². The van der Waals surface area contributed by atoms with Gasteiger partial charge in [0, 0.05) is 49.2 Å². The highest BCUT2D eigenvalue weighted by atomic mass is 32.2. The second-order valence-electron chi connectivity index (χ2n) is 10.5. The standard InChI is InChI=1S/C30H38N4O6S/c1-21-17-34(22(2)20-35)30(36)16-24-15-25(32-41(37,38)27-8-6-26(39-4)7-9-27)5-10-28(24)40-29(21)19-33(3)18-23-11-13-31-14-12-23/h5-15,21-22,29,32,35H,16-20H2,1-4H3/t21-,22+,29-/m1/s1. The number of benzene rings is 2. The summed E-state index contributed by atoms with van der Waals surface area (Å²) in [5.74, 6) is 0.864. The molecule has 1 aromatic heterocycles. The van der Waals surface area contributed by atoms with Crippen molar-refractivity contribution in [2.24, 2.45) is 5.92 Å². The Kier molecular flexibility index (Phi) is 9.85. The third-order valence-corrected chi connectivity index (χ3v) is 8.63. The van der Waals surface area contributed by atoms with Gasteiger partial charge in [-0.3, -0.25) is 19.4 Å². The van der Waals surface area contributed by atoms with E-state index in [1.54, 1.807) is 47.6 Å². The molecular weight excluding hydrogens is 544 g/mol. The molecule has 1 amide bonds. The van der Waals surface area contributed by atoms with Crippen molar-refractivity contribution >= 4 is 21.6 Å². The minimum atomic E-state index is -3.88. The minimum Gasteiger partial charge on any atom is -0.497 e. The maximum atomic E-state index is 13.5. The smallest absolute Gasteiger partial charge is 0.261 e. The molecule has 0 saturated carbocycles. The summed E-state index contributed by atoms with van der Waals surface area (Å²) in [5, 5.41) is 9.88. The summed E-state index contributed by atoms with van der Waals surface area (Å²) in [4.78, 5) is 21.5. The first-order chi connectivity index (χ1) is 19.6. The van der Waals surface area contributed by atoms with Crippen molar-refractivity contribution in [3.8, 4) is 11.5 Å². The number of ether oxygens (including phenoxy) is 2. The second-order valence-corrected chi connectivity index (χ2v) is 12.2. The topological polar surface area (TPSA) is 121 Å². The number of aliphatic hydroxyl groups is 1. The van der Waals surface area contributed by atoms with E-state index in [1.165, 1.54) is 19.2 Å². The van der Waals surface area contributed by atoms with Crippen LogP contribution in [0.25, 0.3) is 0 Å². The fourth-order valence-electron chi connectivity index (χ4n) is 4.85. The molecule has 0 bridgehead atoms. The highest BCUT2D eigenvalue weighted by Crippen LogP contribution is 2.30. The maximum absolute atomic E-state index is 13.5. The number of hydrogen-bond acceptors (Lipinski definition) is 8. The van der Waals surface area contributed by atoms with Crippen molar-refractivity contribution < 1.29 is 27.8 Å². The van der Waals surface area contributed by atoms with Crippen molar-refractivity contribution in [2.45, 2.75) is 43.9 Å². The number of aromatic nitrogens is 1. The minimum absolute atomic E-state index is 0.00404. The summed E-state index contributed by atoms with van der Waals surface area (Å²) >= 11 is 0. The van der Waals surface area contributed by atoms with Crippen molar-refractivity contribution in [1.82, 2.24) is 14.8 Å². The summed E-state index contributed by atoms with van der Waals surface area (Å²) in [6.07, 6.45) is 3.25. The first-order valence-electron chi connectivity index (χ1n) is 13.5. The lowest BCUT2D eigenvalue weighted by Crippen LogP contribution is -2.47. The quantitative estimate of drug-likeness (QED) is 0.374. The van der Waals surface area contributed by atoms with Crippen LogP contribution in [0.3, 0.4) is 0 Å². The number of methoxy groups -OCH3 is 1. The Balaban J connectivity index is 1.62. The number of likely N-dealkylation sites (N-methyl/N-ethyl adjacent to an activating group) is 1. The lowest BCUT2D eigenvalue weighted by Gasteiger charge is -2.34. The van der Waals surface area contributed by atoms with Gasteiger partial charge >= 0.3 is 0 Å². The van der Waals surface area contributed by atoms with Gasteiger partial charge in [-0.05, 0) is 74.1 Å². The molecule has 41 heavy (non-hydrogen) atoms. The first kappa shape index (κ1) is 30.3. The van der Waals surface area contributed by atoms with Crippen LogP contribution in [0.4, 0.5) is 5.69 Å². The number of nitrogens with one attached hydrogen (secondary N) is 1. The number of fused-ring (bicyclic) bond motifs is 1. The van der Waals surface area contributed by atoms with Crippen LogP contribution in [-0.4, -0.2) is 80.2 Å². The molecule has 3 atom stereocenters. The molecule has 0 radical (unpaired) electrons. The SMILES string of the molecule is COc1ccc(S(=O)(=O)Nc2ccc3c(c2)CC(=O)N([C@@H](C)CO)C[C@@H](C)[C@@H](CN(C)Cc2ccncc2)O3)cc1. The zero-order valence-electron chi connectivity index (χ0n) is 23.9. The van der Waals surface area contributed by atoms with Gasteiger partial charge in [-0.2, -0.15) is 0 Å². The lowest BCUT2D eigenvalue weighted by molar-refractivity contribution is -0.134. The summed E-state index contributed by atoms with van der Waals surface area (Å²) < 4.78 is 40.4. The number of amides is 1. The number of hydrogen-bond donors (Lipinski definition) is 2. The van der Waals surface area contributed by atoms with Gasteiger partial charge in [-0.25, -0.2) is 8.42 Å². The van der Waals surface area contributed by atoms with Gasteiger partial charge in [0.25, 0.3) is 10.0 Å². The monoisotopic (exact) mass is 582 g/mol. The number of anilines is 1. The second kappa shape index (κ2) is 13.3. The van der Waals surface area contributed by atoms with E-state index in [4.69, 9.17) is 9.47 Å². The van der Waals surface area contributed by atoms with Crippen LogP contribution in [0, 0.1) is 5.92 Å². The fourth-order valence-corrected chi connectivity index (χ4v) is 5.90. The van der Waals surface area contributed by atoms with Gasteiger partial charge in [0.15, 0.2) is 0 Å². The van der Waals surface area contributed by atoms with Crippen LogP contribution >= 0.6 is 0 Å². The van der Waals surface area contributed by atoms with E-state index in [0.29, 0.717) is 42.4 Å². The predicted molar refractivity (Wildman–Crippen MR) is 156 cm³/mol. The summed E-state index contributed by atoms with van der Waals surface area (Å²) in [5.41, 5.74) is 2.01. The average Bonchev–Trinajstić information content (AvgIpc) is 3.00. The van der Waals surface area contributed by atoms with E-state index < -0.39 is 10.0 Å². The zero-order valence-corrected chi connectivity index (χ0v) is 24.7. The molecule has 0 aliphatic carbocycles. The highest BCUT2D eigenvalue weighted by Gasteiger charge is 2.31. The van der Waals surface area contributed by atoms with E-state index >= 15 is 0 Å². The summed E-state index contributed by atoms with van der Waals surface area (Å²) in [6, 6.07) is 14.6. The molecular formula is C30H38N4O6S. The number of rotatable bonds is 10. The van der Waals surface area contributed by atoms with Crippen LogP contribution in [0.2, 0.25) is 0 Å². The molecule has 1 aliphatic rings. The number of carbonyl (C=O) groups excluding carboxylic acids is 1.